The lowest BCUT2D eigenvalue weighted by molar-refractivity contribution is -0.117. The summed E-state index contributed by atoms with van der Waals surface area (Å²) in [5.74, 6) is 1.06. The molecule has 0 atom stereocenters. The van der Waals surface area contributed by atoms with E-state index in [9.17, 15) is 9.59 Å². The number of aryl methyl sites for hydroxylation is 1. The van der Waals surface area contributed by atoms with Crippen molar-refractivity contribution in [1.82, 2.24) is 14.8 Å². The highest BCUT2D eigenvalue weighted by Gasteiger charge is 2.21. The van der Waals surface area contributed by atoms with E-state index in [1.54, 1.807) is 11.0 Å². The van der Waals surface area contributed by atoms with E-state index >= 15 is 0 Å². The van der Waals surface area contributed by atoms with Crippen LogP contribution in [0.2, 0.25) is 0 Å². The highest BCUT2D eigenvalue weighted by Crippen LogP contribution is 2.23. The fraction of sp³-hybridized carbons (Fsp3) is 0.333. The summed E-state index contributed by atoms with van der Waals surface area (Å²) in [6.07, 6.45) is 3.27. The lowest BCUT2D eigenvalue weighted by Crippen LogP contribution is -2.23. The van der Waals surface area contributed by atoms with Crippen molar-refractivity contribution in [2.75, 3.05) is 22.5 Å². The van der Waals surface area contributed by atoms with Gasteiger partial charge in [-0.05, 0) is 37.6 Å². The van der Waals surface area contributed by atoms with E-state index in [1.165, 1.54) is 11.8 Å². The average molecular weight is 371 g/mol. The summed E-state index contributed by atoms with van der Waals surface area (Å²) >= 11 is 1.34. The number of carbonyl (C=O) groups is 2. The van der Waals surface area contributed by atoms with E-state index in [-0.39, 0.29) is 17.6 Å². The summed E-state index contributed by atoms with van der Waals surface area (Å²) in [4.78, 5) is 25.7. The number of rotatable bonds is 7. The number of amides is 2. The molecule has 7 nitrogen and oxygen atoms in total. The number of thioether (sulfide) groups is 1. The largest absolute Gasteiger partial charge is 0.325 e. The van der Waals surface area contributed by atoms with Crippen molar-refractivity contribution in [3.05, 3.63) is 42.7 Å². The Morgan fingerprint density at radius 2 is 2.12 bits per heavy atom. The van der Waals surface area contributed by atoms with Gasteiger partial charge in [-0.25, -0.2) is 0 Å². The predicted octanol–water partition coefficient (Wildman–Crippen LogP) is 2.63. The van der Waals surface area contributed by atoms with Crippen molar-refractivity contribution in [1.29, 1.82) is 0 Å². The minimum atomic E-state index is -0.120. The maximum Gasteiger partial charge on any atom is 0.234 e. The first-order valence-corrected chi connectivity index (χ1v) is 9.41. The topological polar surface area (TPSA) is 80.1 Å². The molecule has 2 heterocycles. The maximum absolute atomic E-state index is 12.2. The molecule has 2 aromatic rings. The summed E-state index contributed by atoms with van der Waals surface area (Å²) in [6, 6.07) is 7.34. The molecule has 2 amide bonds. The number of carbonyl (C=O) groups excluding carboxylic acids is 2. The minimum Gasteiger partial charge on any atom is -0.325 e. The Kier molecular flexibility index (Phi) is 5.72. The van der Waals surface area contributed by atoms with E-state index in [4.69, 9.17) is 0 Å². The highest BCUT2D eigenvalue weighted by atomic mass is 32.2. The predicted molar refractivity (Wildman–Crippen MR) is 102 cm³/mol. The van der Waals surface area contributed by atoms with Crippen molar-refractivity contribution >= 4 is 35.0 Å². The van der Waals surface area contributed by atoms with E-state index in [1.807, 2.05) is 35.8 Å². The molecule has 3 rings (SSSR count). The molecule has 0 bridgehead atoms. The third-order valence-electron chi connectivity index (χ3n) is 4.08. The first kappa shape index (κ1) is 18.2. The van der Waals surface area contributed by atoms with Crippen LogP contribution in [-0.2, 0) is 16.1 Å². The van der Waals surface area contributed by atoms with Gasteiger partial charge in [0, 0.05) is 30.9 Å². The Bertz CT molecular complexity index is 815. The number of aromatic nitrogens is 3. The normalized spacial score (nSPS) is 13.9. The number of benzene rings is 1. The van der Waals surface area contributed by atoms with Gasteiger partial charge in [-0.15, -0.1) is 16.8 Å². The first-order chi connectivity index (χ1) is 12.6. The molecule has 1 aromatic heterocycles. The van der Waals surface area contributed by atoms with Gasteiger partial charge in [-0.2, -0.15) is 0 Å². The Morgan fingerprint density at radius 1 is 1.35 bits per heavy atom. The van der Waals surface area contributed by atoms with Crippen LogP contribution in [0.25, 0.3) is 0 Å². The lowest BCUT2D eigenvalue weighted by atomic mass is 10.2. The molecule has 1 aliphatic rings. The van der Waals surface area contributed by atoms with Gasteiger partial charge in [-0.1, -0.05) is 17.8 Å². The quantitative estimate of drug-likeness (QED) is 0.598. The molecule has 0 spiro atoms. The van der Waals surface area contributed by atoms with Gasteiger partial charge < -0.3 is 14.8 Å². The zero-order valence-corrected chi connectivity index (χ0v) is 15.5. The van der Waals surface area contributed by atoms with E-state index in [0.29, 0.717) is 23.8 Å². The second kappa shape index (κ2) is 8.18. The van der Waals surface area contributed by atoms with Crippen LogP contribution in [0.4, 0.5) is 11.4 Å². The monoisotopic (exact) mass is 371 g/mol. The number of hydrogen-bond acceptors (Lipinski definition) is 5. The summed E-state index contributed by atoms with van der Waals surface area (Å²) in [7, 11) is 0. The third kappa shape index (κ3) is 4.13. The van der Waals surface area contributed by atoms with Crippen molar-refractivity contribution in [2.45, 2.75) is 31.5 Å². The SMILES string of the molecule is C=CCn1c(C)nnc1SCC(=O)Nc1ccc(N2CCCC2=O)cc1. The number of hydrogen-bond donors (Lipinski definition) is 1. The molecule has 0 saturated carbocycles. The number of anilines is 2. The van der Waals surface area contributed by atoms with Crippen LogP contribution in [0.15, 0.2) is 42.1 Å². The Balaban J connectivity index is 1.55. The lowest BCUT2D eigenvalue weighted by Gasteiger charge is -2.16. The molecule has 136 valence electrons. The van der Waals surface area contributed by atoms with Crippen LogP contribution in [0, 0.1) is 6.92 Å². The van der Waals surface area contributed by atoms with Gasteiger partial charge in [0.2, 0.25) is 11.8 Å². The minimum absolute atomic E-state index is 0.120. The van der Waals surface area contributed by atoms with E-state index < -0.39 is 0 Å². The molecule has 0 unspecified atom stereocenters. The van der Waals surface area contributed by atoms with Crippen LogP contribution in [0.5, 0.6) is 0 Å². The zero-order chi connectivity index (χ0) is 18.5. The van der Waals surface area contributed by atoms with Crippen LogP contribution in [0.3, 0.4) is 0 Å². The van der Waals surface area contributed by atoms with Gasteiger partial charge in [0.1, 0.15) is 5.82 Å². The number of allylic oxidation sites excluding steroid dienone is 1. The Labute approximate surface area is 156 Å². The standard InChI is InChI=1S/C18H21N5O2S/c1-3-10-22-13(2)20-21-18(22)26-12-16(24)19-14-6-8-15(9-7-14)23-11-4-5-17(23)25/h3,6-9H,1,4-5,10-12H2,2H3,(H,19,24). The fourth-order valence-corrected chi connectivity index (χ4v) is 3.57. The van der Waals surface area contributed by atoms with Crippen molar-refractivity contribution in [2.24, 2.45) is 0 Å². The second-order valence-electron chi connectivity index (χ2n) is 5.96. The first-order valence-electron chi connectivity index (χ1n) is 8.42. The van der Waals surface area contributed by atoms with Gasteiger partial charge in [-0.3, -0.25) is 9.59 Å². The van der Waals surface area contributed by atoms with Gasteiger partial charge >= 0.3 is 0 Å². The molecular weight excluding hydrogens is 350 g/mol. The van der Waals surface area contributed by atoms with Gasteiger partial charge in [0.15, 0.2) is 5.16 Å². The smallest absolute Gasteiger partial charge is 0.234 e. The molecule has 1 fully saturated rings. The summed E-state index contributed by atoms with van der Waals surface area (Å²) < 4.78 is 1.91. The molecule has 1 aromatic carbocycles. The summed E-state index contributed by atoms with van der Waals surface area (Å²) in [5, 5.41) is 11.7. The average Bonchev–Trinajstić information content (AvgIpc) is 3.21. The molecule has 8 heteroatoms. The summed E-state index contributed by atoms with van der Waals surface area (Å²) in [5.41, 5.74) is 1.57. The van der Waals surface area contributed by atoms with Crippen LogP contribution in [0.1, 0.15) is 18.7 Å². The molecule has 26 heavy (non-hydrogen) atoms. The van der Waals surface area contributed by atoms with Gasteiger partial charge in [0.25, 0.3) is 0 Å². The van der Waals surface area contributed by atoms with Crippen LogP contribution >= 0.6 is 11.8 Å². The number of nitrogens with zero attached hydrogens (tertiary/aromatic N) is 4. The molecule has 0 radical (unpaired) electrons. The van der Waals surface area contributed by atoms with Gasteiger partial charge in [0.05, 0.1) is 5.75 Å². The second-order valence-corrected chi connectivity index (χ2v) is 6.90. The van der Waals surface area contributed by atoms with Crippen molar-refractivity contribution in [3.8, 4) is 0 Å². The fourth-order valence-electron chi connectivity index (χ4n) is 2.78. The maximum atomic E-state index is 12.2. The molecular formula is C18H21N5O2S. The van der Waals surface area contributed by atoms with Crippen molar-refractivity contribution in [3.63, 3.8) is 0 Å². The van der Waals surface area contributed by atoms with Crippen LogP contribution < -0.4 is 10.2 Å². The highest BCUT2D eigenvalue weighted by molar-refractivity contribution is 7.99. The Hall–Kier alpha value is -2.61. The molecule has 1 saturated heterocycles. The van der Waals surface area contributed by atoms with E-state index in [2.05, 4.69) is 22.1 Å². The zero-order valence-electron chi connectivity index (χ0n) is 14.6. The molecule has 1 aliphatic heterocycles. The molecule has 1 N–H and O–H groups in total. The Morgan fingerprint density at radius 3 is 2.77 bits per heavy atom. The summed E-state index contributed by atoms with van der Waals surface area (Å²) in [6.45, 7) is 6.95. The van der Waals surface area contributed by atoms with Crippen LogP contribution in [-0.4, -0.2) is 38.9 Å². The number of nitrogens with one attached hydrogen (secondary N) is 1. The van der Waals surface area contributed by atoms with E-state index in [0.717, 1.165) is 24.5 Å². The van der Waals surface area contributed by atoms with Crippen molar-refractivity contribution < 1.29 is 9.59 Å². The third-order valence-corrected chi connectivity index (χ3v) is 5.05. The molecule has 0 aliphatic carbocycles.